The number of carbonyl (C=O) groups excluding carboxylic acids is 3. The van der Waals surface area contributed by atoms with Crippen molar-refractivity contribution in [2.24, 2.45) is 0 Å². The third-order valence-corrected chi connectivity index (χ3v) is 5.96. The minimum Gasteiger partial charge on any atom is -0.368 e. The third kappa shape index (κ3) is 4.33. The van der Waals surface area contributed by atoms with Gasteiger partial charge in [-0.15, -0.1) is 0 Å². The first-order valence-electron chi connectivity index (χ1n) is 10.0. The molecule has 0 aromatic heterocycles. The van der Waals surface area contributed by atoms with Crippen molar-refractivity contribution in [1.82, 2.24) is 14.7 Å². The molecular weight excluding hydrogens is 396 g/mol. The standard InChI is InChI=1S/C20H25ClN4O4/c21-15-3-5-16(6-4-15)25-12-11-24(20(25)28)14-18(26)22-7-9-23(10-8-22)19(27)17-2-1-13-29-17/h3-6,17H,1-2,7-14H2. The lowest BCUT2D eigenvalue weighted by Gasteiger charge is -2.36. The zero-order valence-electron chi connectivity index (χ0n) is 16.3. The second-order valence-electron chi connectivity index (χ2n) is 7.54. The number of urea groups is 1. The Kier molecular flexibility index (Phi) is 5.91. The quantitative estimate of drug-likeness (QED) is 0.738. The van der Waals surface area contributed by atoms with Gasteiger partial charge in [0, 0.05) is 56.6 Å². The van der Waals surface area contributed by atoms with Crippen LogP contribution >= 0.6 is 11.6 Å². The summed E-state index contributed by atoms with van der Waals surface area (Å²) in [5.74, 6) is -0.0524. The lowest BCUT2D eigenvalue weighted by Crippen LogP contribution is -2.54. The molecule has 1 aromatic rings. The zero-order valence-corrected chi connectivity index (χ0v) is 17.0. The monoisotopic (exact) mass is 420 g/mol. The van der Waals surface area contributed by atoms with Crippen LogP contribution in [0, 0.1) is 0 Å². The Morgan fingerprint density at radius 2 is 1.69 bits per heavy atom. The van der Waals surface area contributed by atoms with Gasteiger partial charge in [-0.2, -0.15) is 0 Å². The Bertz CT molecular complexity index is 773. The van der Waals surface area contributed by atoms with Crippen molar-refractivity contribution in [2.45, 2.75) is 18.9 Å². The molecule has 3 saturated heterocycles. The molecule has 3 aliphatic heterocycles. The van der Waals surface area contributed by atoms with Crippen molar-refractivity contribution in [3.05, 3.63) is 29.3 Å². The Balaban J connectivity index is 1.27. The van der Waals surface area contributed by atoms with E-state index in [2.05, 4.69) is 0 Å². The largest absolute Gasteiger partial charge is 0.368 e. The molecule has 0 aliphatic carbocycles. The first-order valence-corrected chi connectivity index (χ1v) is 10.4. The molecule has 1 unspecified atom stereocenters. The lowest BCUT2D eigenvalue weighted by atomic mass is 10.2. The second kappa shape index (κ2) is 8.59. The maximum Gasteiger partial charge on any atom is 0.325 e. The summed E-state index contributed by atoms with van der Waals surface area (Å²) in [6, 6.07) is 6.92. The Morgan fingerprint density at radius 1 is 1.00 bits per heavy atom. The van der Waals surface area contributed by atoms with Crippen LogP contribution in [0.25, 0.3) is 0 Å². The van der Waals surface area contributed by atoms with Gasteiger partial charge in [-0.25, -0.2) is 4.79 Å². The minimum absolute atomic E-state index is 0.0305. The number of carbonyl (C=O) groups is 3. The van der Waals surface area contributed by atoms with Gasteiger partial charge in [0.15, 0.2) is 0 Å². The van der Waals surface area contributed by atoms with E-state index in [0.29, 0.717) is 50.9 Å². The highest BCUT2D eigenvalue weighted by Crippen LogP contribution is 2.22. The summed E-state index contributed by atoms with van der Waals surface area (Å²) in [5, 5.41) is 0.615. The number of anilines is 1. The van der Waals surface area contributed by atoms with E-state index in [-0.39, 0.29) is 30.5 Å². The van der Waals surface area contributed by atoms with Gasteiger partial charge in [-0.1, -0.05) is 11.6 Å². The normalized spacial score (nSPS) is 22.5. The predicted molar refractivity (Wildman–Crippen MR) is 108 cm³/mol. The summed E-state index contributed by atoms with van der Waals surface area (Å²) in [4.78, 5) is 44.5. The van der Waals surface area contributed by atoms with Crippen LogP contribution in [0.15, 0.2) is 24.3 Å². The number of hydrogen-bond acceptors (Lipinski definition) is 4. The molecule has 0 spiro atoms. The number of amides is 4. The Labute approximate surface area is 174 Å². The molecule has 3 heterocycles. The van der Waals surface area contributed by atoms with E-state index >= 15 is 0 Å². The van der Waals surface area contributed by atoms with Gasteiger partial charge in [0.1, 0.15) is 12.6 Å². The van der Waals surface area contributed by atoms with E-state index in [9.17, 15) is 14.4 Å². The number of piperazine rings is 1. The van der Waals surface area contributed by atoms with E-state index < -0.39 is 0 Å². The first kappa shape index (κ1) is 20.0. The summed E-state index contributed by atoms with van der Waals surface area (Å²) < 4.78 is 5.47. The van der Waals surface area contributed by atoms with Crippen LogP contribution in [-0.2, 0) is 14.3 Å². The maximum absolute atomic E-state index is 12.7. The van der Waals surface area contributed by atoms with E-state index in [1.807, 2.05) is 0 Å². The SMILES string of the molecule is O=C(CN1CCN(c2ccc(Cl)cc2)C1=O)N1CCN(C(=O)C2CCCO2)CC1. The van der Waals surface area contributed by atoms with Crippen molar-refractivity contribution < 1.29 is 19.1 Å². The van der Waals surface area contributed by atoms with E-state index in [4.69, 9.17) is 16.3 Å². The fraction of sp³-hybridized carbons (Fsp3) is 0.550. The molecule has 3 fully saturated rings. The van der Waals surface area contributed by atoms with E-state index in [1.165, 1.54) is 0 Å². The van der Waals surface area contributed by atoms with Crippen molar-refractivity contribution >= 4 is 35.1 Å². The smallest absolute Gasteiger partial charge is 0.325 e. The average Bonchev–Trinajstić information content (AvgIpc) is 3.39. The van der Waals surface area contributed by atoms with Crippen LogP contribution in [0.5, 0.6) is 0 Å². The van der Waals surface area contributed by atoms with E-state index in [0.717, 1.165) is 18.5 Å². The molecule has 0 N–H and O–H groups in total. The van der Waals surface area contributed by atoms with Crippen LogP contribution in [0.3, 0.4) is 0 Å². The number of ether oxygens (including phenoxy) is 1. The number of halogens is 1. The van der Waals surface area contributed by atoms with Gasteiger partial charge in [0.2, 0.25) is 5.91 Å². The van der Waals surface area contributed by atoms with Crippen molar-refractivity contribution in [2.75, 3.05) is 57.3 Å². The highest BCUT2D eigenvalue weighted by Gasteiger charge is 2.34. The average molecular weight is 421 g/mol. The molecule has 3 aliphatic rings. The molecule has 0 radical (unpaired) electrons. The zero-order chi connectivity index (χ0) is 20.4. The maximum atomic E-state index is 12.7. The minimum atomic E-state index is -0.321. The van der Waals surface area contributed by atoms with Gasteiger partial charge < -0.3 is 19.4 Å². The molecule has 0 bridgehead atoms. The molecule has 9 heteroatoms. The predicted octanol–water partition coefficient (Wildman–Crippen LogP) is 1.43. The van der Waals surface area contributed by atoms with Crippen LogP contribution in [0.1, 0.15) is 12.8 Å². The highest BCUT2D eigenvalue weighted by atomic mass is 35.5. The Hall–Kier alpha value is -2.32. The molecule has 0 saturated carbocycles. The van der Waals surface area contributed by atoms with Gasteiger partial charge in [-0.3, -0.25) is 14.5 Å². The molecule has 8 nitrogen and oxygen atoms in total. The van der Waals surface area contributed by atoms with Gasteiger partial charge in [0.05, 0.1) is 0 Å². The van der Waals surface area contributed by atoms with Crippen molar-refractivity contribution in [1.29, 1.82) is 0 Å². The van der Waals surface area contributed by atoms with Crippen LogP contribution < -0.4 is 4.90 Å². The third-order valence-electron chi connectivity index (χ3n) is 5.71. The van der Waals surface area contributed by atoms with Crippen LogP contribution in [0.4, 0.5) is 10.5 Å². The molecule has 156 valence electrons. The number of nitrogens with zero attached hydrogens (tertiary/aromatic N) is 4. The summed E-state index contributed by atoms with van der Waals surface area (Å²) in [7, 11) is 0. The van der Waals surface area contributed by atoms with Crippen LogP contribution in [-0.4, -0.2) is 91.1 Å². The number of rotatable bonds is 4. The summed E-state index contributed by atoms with van der Waals surface area (Å²) in [5.41, 5.74) is 0.774. The summed E-state index contributed by atoms with van der Waals surface area (Å²) in [6.07, 6.45) is 1.38. The Morgan fingerprint density at radius 3 is 2.34 bits per heavy atom. The fourth-order valence-corrected chi connectivity index (χ4v) is 4.13. The van der Waals surface area contributed by atoms with Gasteiger partial charge in [0.25, 0.3) is 5.91 Å². The molecule has 4 rings (SSSR count). The number of hydrogen-bond donors (Lipinski definition) is 0. The lowest BCUT2D eigenvalue weighted by molar-refractivity contribution is -0.146. The molecule has 29 heavy (non-hydrogen) atoms. The van der Waals surface area contributed by atoms with Crippen LogP contribution in [0.2, 0.25) is 5.02 Å². The molecular formula is C20H25ClN4O4. The van der Waals surface area contributed by atoms with Crippen molar-refractivity contribution in [3.63, 3.8) is 0 Å². The second-order valence-corrected chi connectivity index (χ2v) is 7.98. The number of benzene rings is 1. The van der Waals surface area contributed by atoms with E-state index in [1.54, 1.807) is 43.9 Å². The highest BCUT2D eigenvalue weighted by molar-refractivity contribution is 6.30. The molecule has 1 aromatic carbocycles. The van der Waals surface area contributed by atoms with Crippen molar-refractivity contribution in [3.8, 4) is 0 Å². The molecule has 4 amide bonds. The first-order chi connectivity index (χ1) is 14.0. The molecule has 1 atom stereocenters. The topological polar surface area (TPSA) is 73.4 Å². The fourth-order valence-electron chi connectivity index (χ4n) is 4.01. The summed E-state index contributed by atoms with van der Waals surface area (Å²) >= 11 is 5.91. The van der Waals surface area contributed by atoms with Gasteiger partial charge in [-0.05, 0) is 37.1 Å². The van der Waals surface area contributed by atoms with Gasteiger partial charge >= 0.3 is 6.03 Å². The summed E-state index contributed by atoms with van der Waals surface area (Å²) in [6.45, 7) is 3.74.